The molecule has 0 radical (unpaired) electrons. The van der Waals surface area contributed by atoms with Crippen LogP contribution < -0.4 is 10.1 Å². The van der Waals surface area contributed by atoms with Crippen LogP contribution in [0.15, 0.2) is 82.1 Å². The van der Waals surface area contributed by atoms with Crippen molar-refractivity contribution in [3.8, 4) is 17.2 Å². The molecule has 1 aliphatic heterocycles. The number of fused-ring (bicyclic) bond motifs is 1. The second-order valence-electron chi connectivity index (χ2n) is 8.41. The number of benzene rings is 3. The highest BCUT2D eigenvalue weighted by Crippen LogP contribution is 2.28. The number of methoxy groups -OCH3 is 1. The summed E-state index contributed by atoms with van der Waals surface area (Å²) in [5, 5.41) is 2.94. The van der Waals surface area contributed by atoms with Gasteiger partial charge in [-0.05, 0) is 73.5 Å². The summed E-state index contributed by atoms with van der Waals surface area (Å²) in [7, 11) is -2.07. The van der Waals surface area contributed by atoms with Gasteiger partial charge in [0.25, 0.3) is 0 Å². The number of carbonyl (C=O) groups is 1. The minimum atomic E-state index is -3.60. The van der Waals surface area contributed by atoms with E-state index in [1.807, 2.05) is 48.5 Å². The lowest BCUT2D eigenvalue weighted by Crippen LogP contribution is -2.41. The van der Waals surface area contributed by atoms with Crippen LogP contribution in [-0.2, 0) is 14.8 Å². The number of piperidine rings is 1. The van der Waals surface area contributed by atoms with Crippen molar-refractivity contribution in [1.82, 2.24) is 9.29 Å². The van der Waals surface area contributed by atoms with Gasteiger partial charge in [0, 0.05) is 30.3 Å². The highest BCUT2D eigenvalue weighted by molar-refractivity contribution is 7.89. The Hall–Kier alpha value is -3.69. The van der Waals surface area contributed by atoms with Crippen molar-refractivity contribution in [3.63, 3.8) is 0 Å². The average molecular weight is 492 g/mol. The zero-order valence-corrected chi connectivity index (χ0v) is 20.0. The summed E-state index contributed by atoms with van der Waals surface area (Å²) in [5.41, 5.74) is 3.00. The summed E-state index contributed by atoms with van der Waals surface area (Å²) in [4.78, 5) is 17.5. The number of hydrogen-bond acceptors (Lipinski definition) is 6. The lowest BCUT2D eigenvalue weighted by atomic mass is 9.97. The molecule has 0 unspecified atom stereocenters. The fraction of sp³-hybridized carbons (Fsp3) is 0.231. The van der Waals surface area contributed by atoms with E-state index in [9.17, 15) is 13.2 Å². The van der Waals surface area contributed by atoms with Crippen LogP contribution in [0.3, 0.4) is 0 Å². The third-order valence-corrected chi connectivity index (χ3v) is 8.13. The number of amides is 1. The molecule has 0 bridgehead atoms. The third kappa shape index (κ3) is 4.78. The maximum absolute atomic E-state index is 12.9. The van der Waals surface area contributed by atoms with E-state index in [1.54, 1.807) is 12.1 Å². The van der Waals surface area contributed by atoms with Crippen LogP contribution in [0.2, 0.25) is 0 Å². The first kappa shape index (κ1) is 23.1. The standard InChI is InChI=1S/C26H25N3O5S/c1-33-21-10-12-22(13-11-21)35(31,32)29-16-14-18(15-17-29)25(30)27-20-8-6-19(7-9-20)26-28-23-4-2-3-5-24(23)34-26/h2-13,18H,14-17H2,1H3,(H,27,30). The van der Waals surface area contributed by atoms with Crippen LogP contribution in [0, 0.1) is 5.92 Å². The minimum Gasteiger partial charge on any atom is -0.497 e. The first-order valence-electron chi connectivity index (χ1n) is 11.3. The molecule has 1 fully saturated rings. The predicted octanol–water partition coefficient (Wildman–Crippen LogP) is 4.54. The van der Waals surface area contributed by atoms with Crippen molar-refractivity contribution in [2.24, 2.45) is 5.92 Å². The number of hydrogen-bond donors (Lipinski definition) is 1. The van der Waals surface area contributed by atoms with Crippen molar-refractivity contribution in [2.75, 3.05) is 25.5 Å². The zero-order valence-electron chi connectivity index (χ0n) is 19.2. The Morgan fingerprint density at radius 2 is 1.69 bits per heavy atom. The van der Waals surface area contributed by atoms with Crippen molar-refractivity contribution in [3.05, 3.63) is 72.8 Å². The lowest BCUT2D eigenvalue weighted by molar-refractivity contribution is -0.120. The molecule has 2 heterocycles. The van der Waals surface area contributed by atoms with Gasteiger partial charge >= 0.3 is 0 Å². The molecule has 0 atom stereocenters. The van der Waals surface area contributed by atoms with E-state index < -0.39 is 10.0 Å². The van der Waals surface area contributed by atoms with Crippen molar-refractivity contribution >= 4 is 32.7 Å². The molecule has 35 heavy (non-hydrogen) atoms. The van der Waals surface area contributed by atoms with Crippen molar-refractivity contribution in [1.29, 1.82) is 0 Å². The first-order chi connectivity index (χ1) is 16.9. The largest absolute Gasteiger partial charge is 0.497 e. The number of aromatic nitrogens is 1. The number of para-hydroxylation sites is 2. The molecule has 8 nitrogen and oxygen atoms in total. The molecule has 1 amide bonds. The van der Waals surface area contributed by atoms with E-state index in [0.717, 1.165) is 16.7 Å². The van der Waals surface area contributed by atoms with Gasteiger partial charge in [-0.1, -0.05) is 12.1 Å². The third-order valence-electron chi connectivity index (χ3n) is 6.22. The zero-order chi connectivity index (χ0) is 24.4. The molecule has 4 aromatic rings. The number of anilines is 1. The number of carbonyl (C=O) groups excluding carboxylic acids is 1. The minimum absolute atomic E-state index is 0.110. The van der Waals surface area contributed by atoms with Gasteiger partial charge in [0.1, 0.15) is 11.3 Å². The van der Waals surface area contributed by atoms with Crippen LogP contribution in [0.4, 0.5) is 5.69 Å². The Bertz CT molecular complexity index is 1410. The highest BCUT2D eigenvalue weighted by Gasteiger charge is 2.32. The maximum atomic E-state index is 12.9. The van der Waals surface area contributed by atoms with Gasteiger partial charge in [0.15, 0.2) is 5.58 Å². The quantitative estimate of drug-likeness (QED) is 0.425. The van der Waals surface area contributed by atoms with Crippen molar-refractivity contribution < 1.29 is 22.4 Å². The molecule has 1 aromatic heterocycles. The van der Waals surface area contributed by atoms with Gasteiger partial charge in [0.05, 0.1) is 12.0 Å². The van der Waals surface area contributed by atoms with Crippen LogP contribution >= 0.6 is 0 Å². The molecule has 0 aliphatic carbocycles. The molecule has 1 saturated heterocycles. The highest BCUT2D eigenvalue weighted by atomic mass is 32.2. The molecule has 0 spiro atoms. The summed E-state index contributed by atoms with van der Waals surface area (Å²) in [5.74, 6) is 0.755. The predicted molar refractivity (Wildman–Crippen MR) is 133 cm³/mol. The van der Waals surface area contributed by atoms with Gasteiger partial charge in [-0.15, -0.1) is 0 Å². The topological polar surface area (TPSA) is 102 Å². The van der Waals surface area contributed by atoms with E-state index in [4.69, 9.17) is 9.15 Å². The van der Waals surface area contributed by atoms with Gasteiger partial charge in [0.2, 0.25) is 21.8 Å². The second kappa shape index (κ2) is 9.52. The van der Waals surface area contributed by atoms with Gasteiger partial charge in [-0.3, -0.25) is 4.79 Å². The molecular weight excluding hydrogens is 466 g/mol. The molecular formula is C26H25N3O5S. The molecule has 0 saturated carbocycles. The molecule has 1 N–H and O–H groups in total. The summed E-state index contributed by atoms with van der Waals surface area (Å²) >= 11 is 0. The summed E-state index contributed by atoms with van der Waals surface area (Å²) in [6.45, 7) is 0.590. The van der Waals surface area contributed by atoms with Gasteiger partial charge in [-0.25, -0.2) is 13.4 Å². The Labute approximate surface area is 203 Å². The Balaban J connectivity index is 1.19. The smallest absolute Gasteiger partial charge is 0.243 e. The Kier molecular flexibility index (Phi) is 6.27. The number of sulfonamides is 1. The van der Waals surface area contributed by atoms with Crippen LogP contribution in [0.1, 0.15) is 12.8 Å². The normalized spacial score (nSPS) is 15.2. The average Bonchev–Trinajstić information content (AvgIpc) is 3.33. The number of ether oxygens (including phenoxy) is 1. The van der Waals surface area contributed by atoms with E-state index in [0.29, 0.717) is 43.3 Å². The summed E-state index contributed by atoms with van der Waals surface area (Å²) < 4.78 is 38.2. The Morgan fingerprint density at radius 1 is 1.00 bits per heavy atom. The fourth-order valence-electron chi connectivity index (χ4n) is 4.19. The lowest BCUT2D eigenvalue weighted by Gasteiger charge is -2.30. The van der Waals surface area contributed by atoms with Gasteiger partial charge in [-0.2, -0.15) is 4.31 Å². The number of nitrogens with one attached hydrogen (secondary N) is 1. The molecule has 9 heteroatoms. The second-order valence-corrected chi connectivity index (χ2v) is 10.3. The SMILES string of the molecule is COc1ccc(S(=O)(=O)N2CCC(C(=O)Nc3ccc(-c4nc5ccccc5o4)cc3)CC2)cc1. The molecule has 180 valence electrons. The van der Waals surface area contributed by atoms with Crippen molar-refractivity contribution in [2.45, 2.75) is 17.7 Å². The fourth-order valence-corrected chi connectivity index (χ4v) is 5.66. The van der Waals surface area contributed by atoms with Crippen LogP contribution in [0.25, 0.3) is 22.6 Å². The monoisotopic (exact) mass is 491 g/mol. The number of rotatable bonds is 6. The van der Waals surface area contributed by atoms with E-state index in [1.165, 1.54) is 23.5 Å². The number of oxazole rings is 1. The van der Waals surface area contributed by atoms with E-state index >= 15 is 0 Å². The van der Waals surface area contributed by atoms with E-state index in [-0.39, 0.29) is 16.7 Å². The summed E-state index contributed by atoms with van der Waals surface area (Å²) in [6.07, 6.45) is 0.921. The van der Waals surface area contributed by atoms with E-state index in [2.05, 4.69) is 10.3 Å². The van der Waals surface area contributed by atoms with Crippen LogP contribution in [-0.4, -0.2) is 43.8 Å². The molecule has 3 aromatic carbocycles. The first-order valence-corrected chi connectivity index (χ1v) is 12.8. The van der Waals surface area contributed by atoms with Gasteiger partial charge < -0.3 is 14.5 Å². The molecule has 1 aliphatic rings. The van der Waals surface area contributed by atoms with Crippen LogP contribution in [0.5, 0.6) is 5.75 Å². The number of nitrogens with zero attached hydrogens (tertiary/aromatic N) is 2. The Morgan fingerprint density at radius 3 is 2.34 bits per heavy atom. The summed E-state index contributed by atoms with van der Waals surface area (Å²) in [6, 6.07) is 21.2. The maximum Gasteiger partial charge on any atom is 0.243 e. The molecule has 5 rings (SSSR count).